The number of carbonyl (C=O) groups is 3. The van der Waals surface area contributed by atoms with Crippen molar-refractivity contribution in [1.29, 1.82) is 0 Å². The number of nitrogens with zero attached hydrogens (tertiary/aromatic N) is 1. The predicted octanol–water partition coefficient (Wildman–Crippen LogP) is 23.2. The third kappa shape index (κ3) is 75.9. The first kappa shape index (κ1) is 89.6. The molecule has 2 atom stereocenters. The lowest BCUT2D eigenvalue weighted by Gasteiger charge is -2.26. The van der Waals surface area contributed by atoms with Gasteiger partial charge in [-0.1, -0.05) is 319 Å². The Bertz CT molecular complexity index is 2170. The van der Waals surface area contributed by atoms with Gasteiger partial charge < -0.3 is 33.3 Å². The van der Waals surface area contributed by atoms with Crippen molar-refractivity contribution in [3.8, 4) is 0 Å². The Kier molecular flexibility index (Phi) is 70.2. The van der Waals surface area contributed by atoms with Gasteiger partial charge in [-0.2, -0.15) is 0 Å². The lowest BCUT2D eigenvalue weighted by Crippen LogP contribution is -2.44. The lowest BCUT2D eigenvalue weighted by molar-refractivity contribution is -0.870. The van der Waals surface area contributed by atoms with Crippen molar-refractivity contribution in [2.45, 2.75) is 309 Å². The number of rotatable bonds is 69. The Morgan fingerprint density at radius 3 is 0.895 bits per heavy atom. The molecule has 0 aromatic heterocycles. The van der Waals surface area contributed by atoms with E-state index in [1.54, 1.807) is 0 Å². The van der Waals surface area contributed by atoms with E-state index >= 15 is 0 Å². The van der Waals surface area contributed by atoms with Gasteiger partial charge in [-0.05, 0) is 135 Å². The monoisotopic (exact) mass is 1320 g/mol. The number of quaternary nitrogens is 1. The average molecular weight is 1320 g/mol. The van der Waals surface area contributed by atoms with Gasteiger partial charge in [0.05, 0.1) is 40.3 Å². The summed E-state index contributed by atoms with van der Waals surface area (Å²) in [4.78, 5) is 37.6. The van der Waals surface area contributed by atoms with E-state index in [1.165, 1.54) is 135 Å². The van der Waals surface area contributed by atoms with E-state index < -0.39 is 24.3 Å². The van der Waals surface area contributed by atoms with Gasteiger partial charge in [0.25, 0.3) is 0 Å². The van der Waals surface area contributed by atoms with Crippen LogP contribution in [0.3, 0.4) is 0 Å². The molecule has 0 fully saturated rings. The van der Waals surface area contributed by atoms with Crippen molar-refractivity contribution in [3.63, 3.8) is 0 Å². The molecule has 0 heterocycles. The number of unbranched alkanes of at least 4 members (excludes halogenated alkanes) is 26. The van der Waals surface area contributed by atoms with Gasteiger partial charge in [0.15, 0.2) is 12.4 Å². The largest absolute Gasteiger partial charge is 0.545 e. The van der Waals surface area contributed by atoms with Gasteiger partial charge in [-0.15, -0.1) is 0 Å². The highest BCUT2D eigenvalue weighted by Crippen LogP contribution is 2.17. The summed E-state index contributed by atoms with van der Waals surface area (Å²) in [6, 6.07) is 0. The number of carboxylic acid groups (broad SMARTS) is 1. The highest BCUT2D eigenvalue weighted by Gasteiger charge is 2.22. The standard InChI is InChI=1S/C86H141NO8/c1-6-8-10-12-14-16-18-20-22-24-26-28-30-32-34-36-37-38-39-40-41-42-43-44-45-46-47-49-51-53-55-57-59-61-63-65-67-69-71-73-75-77-84(89)95-82(81-94-86(85(90)91)92-79-78-87(3,4)5)80-93-83(88)76-74-72-70-68-66-64-62-60-58-56-54-52-50-48-35-33-31-29-27-25-23-21-19-17-15-13-11-9-7-2/h8,10,14,16,19-22,25-28,32,34,37-38,40-41,43-44,46-47,51,53,57,59,63,65,82,86H,6-7,9,11-13,15,17-18,23-24,29-31,33,35-36,39,42,45,48-50,52,54-56,58,60-62,64,66-81H2,1-5H3/b10-8-,16-14-,21-19-,22-20-,27-25-,28-26-,34-32-,38-37-,41-40-,44-43-,47-46-,53-51-,59-57-,65-63-. The van der Waals surface area contributed by atoms with Gasteiger partial charge >= 0.3 is 11.9 Å². The molecule has 0 bridgehead atoms. The minimum atomic E-state index is -1.64. The minimum Gasteiger partial charge on any atom is -0.545 e. The molecule has 0 aliphatic heterocycles. The van der Waals surface area contributed by atoms with E-state index in [4.69, 9.17) is 18.9 Å². The third-order valence-corrected chi connectivity index (χ3v) is 15.9. The van der Waals surface area contributed by atoms with Gasteiger partial charge in [0.1, 0.15) is 13.2 Å². The van der Waals surface area contributed by atoms with Crippen molar-refractivity contribution >= 4 is 17.9 Å². The Morgan fingerprint density at radius 1 is 0.326 bits per heavy atom. The summed E-state index contributed by atoms with van der Waals surface area (Å²) in [5.41, 5.74) is 0. The molecule has 0 aliphatic carbocycles. The Morgan fingerprint density at radius 2 is 0.600 bits per heavy atom. The van der Waals surface area contributed by atoms with Crippen LogP contribution in [0.5, 0.6) is 0 Å². The normalized spacial score (nSPS) is 13.7. The molecule has 0 N–H and O–H groups in total. The van der Waals surface area contributed by atoms with E-state index in [-0.39, 0.29) is 38.6 Å². The van der Waals surface area contributed by atoms with Crippen LogP contribution < -0.4 is 5.11 Å². The Hall–Kier alpha value is -5.35. The smallest absolute Gasteiger partial charge is 0.306 e. The first-order chi connectivity index (χ1) is 46.6. The molecular weight excluding hydrogens is 1170 g/mol. The molecule has 0 saturated carbocycles. The highest BCUT2D eigenvalue weighted by molar-refractivity contribution is 5.70. The summed E-state index contributed by atoms with van der Waals surface area (Å²) in [5.74, 6) is -2.32. The quantitative estimate of drug-likeness (QED) is 0.0195. The second-order valence-electron chi connectivity index (χ2n) is 26.2. The maximum atomic E-state index is 12.9. The maximum Gasteiger partial charge on any atom is 0.306 e. The second-order valence-corrected chi connectivity index (χ2v) is 26.2. The molecular formula is C86H141NO8. The molecule has 0 radical (unpaired) electrons. The van der Waals surface area contributed by atoms with Crippen molar-refractivity contribution in [1.82, 2.24) is 0 Å². The van der Waals surface area contributed by atoms with Gasteiger partial charge in [-0.3, -0.25) is 9.59 Å². The fourth-order valence-corrected chi connectivity index (χ4v) is 10.1. The Balaban J connectivity index is 4.19. The summed E-state index contributed by atoms with van der Waals surface area (Å²) >= 11 is 0. The van der Waals surface area contributed by atoms with Crippen LogP contribution in [0.25, 0.3) is 0 Å². The molecule has 9 nitrogen and oxygen atoms in total. The molecule has 95 heavy (non-hydrogen) atoms. The van der Waals surface area contributed by atoms with E-state index in [2.05, 4.69) is 184 Å². The zero-order valence-electron chi connectivity index (χ0n) is 61.5. The second kappa shape index (κ2) is 74.4. The van der Waals surface area contributed by atoms with Crippen molar-refractivity contribution < 1.29 is 42.9 Å². The topological polar surface area (TPSA) is 111 Å². The Labute approximate surface area is 584 Å². The number of hydrogen-bond acceptors (Lipinski definition) is 8. The highest BCUT2D eigenvalue weighted by atomic mass is 16.7. The zero-order valence-corrected chi connectivity index (χ0v) is 61.5. The van der Waals surface area contributed by atoms with Crippen LogP contribution in [0.4, 0.5) is 0 Å². The average Bonchev–Trinajstić information content (AvgIpc) is 3.54. The summed E-state index contributed by atoms with van der Waals surface area (Å²) in [6.45, 7) is 4.60. The summed E-state index contributed by atoms with van der Waals surface area (Å²) in [7, 11) is 5.92. The van der Waals surface area contributed by atoms with E-state index in [1.807, 2.05) is 21.1 Å². The molecule has 0 spiro atoms. The summed E-state index contributed by atoms with van der Waals surface area (Å²) in [6.07, 6.45) is 109. The number of hydrogen-bond donors (Lipinski definition) is 0. The number of aliphatic carboxylic acids is 1. The van der Waals surface area contributed by atoms with Crippen LogP contribution in [-0.4, -0.2) is 82.3 Å². The van der Waals surface area contributed by atoms with Crippen molar-refractivity contribution in [3.05, 3.63) is 170 Å². The minimum absolute atomic E-state index is 0.135. The van der Waals surface area contributed by atoms with E-state index in [0.29, 0.717) is 17.4 Å². The number of carbonyl (C=O) groups excluding carboxylic acids is 3. The molecule has 0 aromatic carbocycles. The van der Waals surface area contributed by atoms with Crippen LogP contribution in [0, 0.1) is 0 Å². The van der Waals surface area contributed by atoms with Gasteiger partial charge in [0, 0.05) is 12.8 Å². The molecule has 2 unspecified atom stereocenters. The van der Waals surface area contributed by atoms with Crippen molar-refractivity contribution in [2.75, 3.05) is 47.5 Å². The fourth-order valence-electron chi connectivity index (χ4n) is 10.1. The van der Waals surface area contributed by atoms with Crippen molar-refractivity contribution in [2.24, 2.45) is 0 Å². The van der Waals surface area contributed by atoms with Gasteiger partial charge in [-0.25, -0.2) is 0 Å². The molecule has 0 saturated heterocycles. The van der Waals surface area contributed by atoms with Crippen LogP contribution in [0.1, 0.15) is 296 Å². The molecule has 0 aliphatic rings. The first-order valence-corrected chi connectivity index (χ1v) is 38.3. The maximum absolute atomic E-state index is 12.9. The summed E-state index contributed by atoms with van der Waals surface area (Å²) in [5, 5.41) is 11.8. The van der Waals surface area contributed by atoms with Crippen LogP contribution in [-0.2, 0) is 33.3 Å². The first-order valence-electron chi connectivity index (χ1n) is 38.3. The summed E-state index contributed by atoms with van der Waals surface area (Å²) < 4.78 is 22.8. The zero-order chi connectivity index (χ0) is 69.0. The third-order valence-electron chi connectivity index (χ3n) is 15.9. The number of allylic oxidation sites excluding steroid dienone is 28. The lowest BCUT2D eigenvalue weighted by atomic mass is 10.0. The molecule has 538 valence electrons. The molecule has 9 heteroatoms. The SMILES string of the molecule is CC/C=C\C/C=C\C/C=C\C/C=C\C/C=C\C/C=C\C/C=C\C/C=C\C/C=C\C/C=C\C/C=C\C/C=C\CCCCCCC(=O)OC(COC(=O)CCCCCCCCCCCCCCCCCCC/C=C\C/C=C\CCCCCCC)COC(OCC[N+](C)(C)C)C(=O)[O-]. The number of likely N-dealkylation sites (N-methyl/N-ethyl adjacent to an activating group) is 1. The van der Waals surface area contributed by atoms with E-state index in [0.717, 1.165) is 128 Å². The van der Waals surface area contributed by atoms with Crippen LogP contribution >= 0.6 is 0 Å². The predicted molar refractivity (Wildman–Crippen MR) is 407 cm³/mol. The van der Waals surface area contributed by atoms with E-state index in [9.17, 15) is 19.5 Å². The van der Waals surface area contributed by atoms with Gasteiger partial charge in [0.2, 0.25) is 0 Å². The number of ether oxygens (including phenoxy) is 4. The fraction of sp³-hybridized carbons (Fsp3) is 0.640. The number of esters is 2. The molecule has 0 aromatic rings. The number of carboxylic acids is 1. The van der Waals surface area contributed by atoms with Crippen LogP contribution in [0.2, 0.25) is 0 Å². The van der Waals surface area contributed by atoms with Crippen LogP contribution in [0.15, 0.2) is 170 Å². The molecule has 0 amide bonds. The molecule has 0 rings (SSSR count).